The lowest BCUT2D eigenvalue weighted by molar-refractivity contribution is 0.102. The van der Waals surface area contributed by atoms with E-state index in [9.17, 15) is 4.79 Å². The molecule has 0 aliphatic carbocycles. The van der Waals surface area contributed by atoms with E-state index in [-0.39, 0.29) is 5.91 Å². The molecule has 0 radical (unpaired) electrons. The first kappa shape index (κ1) is 17.9. The predicted octanol–water partition coefficient (Wildman–Crippen LogP) is 5.39. The van der Waals surface area contributed by atoms with E-state index in [0.717, 1.165) is 23.2 Å². The van der Waals surface area contributed by atoms with Gasteiger partial charge in [-0.05, 0) is 58.9 Å². The van der Waals surface area contributed by atoms with Crippen LogP contribution in [0.15, 0.2) is 70.5 Å². The van der Waals surface area contributed by atoms with Crippen LogP contribution in [0.1, 0.15) is 20.8 Å². The van der Waals surface area contributed by atoms with E-state index < -0.39 is 0 Å². The standard InChI is InChI=1S/C20H19BrN2OS/c1-23(13-19-11-17(21)14-25-19)12-15-7-9-16(10-8-15)20(24)22-18-5-3-2-4-6-18/h2-11,14H,12-13H2,1H3,(H,22,24). The summed E-state index contributed by atoms with van der Waals surface area (Å²) in [4.78, 5) is 15.9. The summed E-state index contributed by atoms with van der Waals surface area (Å²) in [6.07, 6.45) is 0. The highest BCUT2D eigenvalue weighted by Gasteiger charge is 2.08. The number of thiophene rings is 1. The molecule has 0 bridgehead atoms. The summed E-state index contributed by atoms with van der Waals surface area (Å²) in [7, 11) is 2.10. The van der Waals surface area contributed by atoms with Crippen LogP contribution >= 0.6 is 27.3 Å². The van der Waals surface area contributed by atoms with Gasteiger partial charge in [-0.15, -0.1) is 11.3 Å². The van der Waals surface area contributed by atoms with Crippen LogP contribution in [-0.4, -0.2) is 17.9 Å². The summed E-state index contributed by atoms with van der Waals surface area (Å²) in [5.41, 5.74) is 2.66. The predicted molar refractivity (Wildman–Crippen MR) is 108 cm³/mol. The molecule has 0 atom stereocenters. The van der Waals surface area contributed by atoms with Crippen LogP contribution in [0, 0.1) is 0 Å². The van der Waals surface area contributed by atoms with Crippen LogP contribution < -0.4 is 5.32 Å². The maximum atomic E-state index is 12.3. The molecule has 0 aliphatic heterocycles. The van der Waals surface area contributed by atoms with Crippen LogP contribution in [0.3, 0.4) is 0 Å². The van der Waals surface area contributed by atoms with Gasteiger partial charge in [0.25, 0.3) is 5.91 Å². The molecule has 0 saturated heterocycles. The maximum Gasteiger partial charge on any atom is 0.255 e. The fraction of sp³-hybridized carbons (Fsp3) is 0.150. The van der Waals surface area contributed by atoms with Crippen molar-refractivity contribution < 1.29 is 4.79 Å². The Morgan fingerprint density at radius 2 is 1.80 bits per heavy atom. The first-order valence-electron chi connectivity index (χ1n) is 7.97. The van der Waals surface area contributed by atoms with E-state index in [2.05, 4.69) is 44.6 Å². The topological polar surface area (TPSA) is 32.3 Å². The van der Waals surface area contributed by atoms with E-state index in [0.29, 0.717) is 5.56 Å². The molecule has 25 heavy (non-hydrogen) atoms. The van der Waals surface area contributed by atoms with Gasteiger partial charge in [-0.3, -0.25) is 9.69 Å². The Morgan fingerprint density at radius 1 is 1.08 bits per heavy atom. The first-order chi connectivity index (χ1) is 12.1. The van der Waals surface area contributed by atoms with Crippen molar-refractivity contribution in [1.82, 2.24) is 4.90 Å². The number of anilines is 1. The van der Waals surface area contributed by atoms with E-state index in [1.165, 1.54) is 10.4 Å². The lowest BCUT2D eigenvalue weighted by atomic mass is 10.1. The van der Waals surface area contributed by atoms with Crippen LogP contribution in [0.2, 0.25) is 0 Å². The molecule has 5 heteroatoms. The van der Waals surface area contributed by atoms with Crippen molar-refractivity contribution in [2.75, 3.05) is 12.4 Å². The Kier molecular flexibility index (Phi) is 6.02. The number of nitrogens with zero attached hydrogens (tertiary/aromatic N) is 1. The molecule has 128 valence electrons. The minimum atomic E-state index is -0.0884. The quantitative estimate of drug-likeness (QED) is 0.585. The zero-order chi connectivity index (χ0) is 17.6. The molecule has 1 N–H and O–H groups in total. The zero-order valence-electron chi connectivity index (χ0n) is 13.9. The van der Waals surface area contributed by atoms with Gasteiger partial charge >= 0.3 is 0 Å². The van der Waals surface area contributed by atoms with Crippen molar-refractivity contribution in [3.63, 3.8) is 0 Å². The molecule has 0 saturated carbocycles. The minimum absolute atomic E-state index is 0.0884. The third-order valence-corrected chi connectivity index (χ3v) is 5.43. The lowest BCUT2D eigenvalue weighted by Gasteiger charge is -2.16. The zero-order valence-corrected chi connectivity index (χ0v) is 16.3. The second-order valence-electron chi connectivity index (χ2n) is 5.92. The molecule has 3 aromatic rings. The Balaban J connectivity index is 1.57. The Morgan fingerprint density at radius 3 is 2.44 bits per heavy atom. The van der Waals surface area contributed by atoms with Crippen LogP contribution in [0.5, 0.6) is 0 Å². The monoisotopic (exact) mass is 414 g/mol. The van der Waals surface area contributed by atoms with Crippen LogP contribution in [-0.2, 0) is 13.1 Å². The molecule has 1 aromatic heterocycles. The number of carbonyl (C=O) groups excluding carboxylic acids is 1. The van der Waals surface area contributed by atoms with Gasteiger partial charge in [0.1, 0.15) is 0 Å². The summed E-state index contributed by atoms with van der Waals surface area (Å²) in [5, 5.41) is 5.00. The molecule has 0 unspecified atom stereocenters. The van der Waals surface area contributed by atoms with Gasteiger partial charge in [-0.1, -0.05) is 30.3 Å². The summed E-state index contributed by atoms with van der Waals surface area (Å²) in [5.74, 6) is -0.0884. The fourth-order valence-electron chi connectivity index (χ4n) is 2.56. The number of hydrogen-bond acceptors (Lipinski definition) is 3. The second kappa shape index (κ2) is 8.43. The molecular weight excluding hydrogens is 396 g/mol. The summed E-state index contributed by atoms with van der Waals surface area (Å²) < 4.78 is 1.13. The number of hydrogen-bond donors (Lipinski definition) is 1. The van der Waals surface area contributed by atoms with E-state index in [1.54, 1.807) is 11.3 Å². The molecule has 3 nitrogen and oxygen atoms in total. The SMILES string of the molecule is CN(Cc1ccc(C(=O)Nc2ccccc2)cc1)Cc1cc(Br)cs1. The molecule has 3 rings (SSSR count). The Hall–Kier alpha value is -1.95. The molecule has 2 aromatic carbocycles. The number of amides is 1. The third kappa shape index (κ3) is 5.26. The van der Waals surface area contributed by atoms with Crippen molar-refractivity contribution in [2.45, 2.75) is 13.1 Å². The smallest absolute Gasteiger partial charge is 0.255 e. The summed E-state index contributed by atoms with van der Waals surface area (Å²) >= 11 is 5.24. The Labute approximate surface area is 160 Å². The summed E-state index contributed by atoms with van der Waals surface area (Å²) in [6.45, 7) is 1.75. The summed E-state index contributed by atoms with van der Waals surface area (Å²) in [6, 6.07) is 19.4. The van der Waals surface area contributed by atoms with E-state index >= 15 is 0 Å². The van der Waals surface area contributed by atoms with E-state index in [1.807, 2.05) is 54.6 Å². The Bertz CT molecular complexity index is 830. The van der Waals surface area contributed by atoms with Gasteiger partial charge < -0.3 is 5.32 Å². The van der Waals surface area contributed by atoms with Crippen molar-refractivity contribution >= 4 is 38.9 Å². The lowest BCUT2D eigenvalue weighted by Crippen LogP contribution is -2.17. The minimum Gasteiger partial charge on any atom is -0.322 e. The number of para-hydroxylation sites is 1. The highest BCUT2D eigenvalue weighted by molar-refractivity contribution is 9.10. The molecule has 0 aliphatic rings. The van der Waals surface area contributed by atoms with Crippen molar-refractivity contribution in [3.8, 4) is 0 Å². The number of benzene rings is 2. The number of carbonyl (C=O) groups is 1. The largest absolute Gasteiger partial charge is 0.322 e. The molecule has 1 amide bonds. The number of halogens is 1. The second-order valence-corrected chi connectivity index (χ2v) is 7.83. The first-order valence-corrected chi connectivity index (χ1v) is 9.64. The normalized spacial score (nSPS) is 10.8. The average molecular weight is 415 g/mol. The van der Waals surface area contributed by atoms with Gasteiger partial charge in [-0.25, -0.2) is 0 Å². The third-order valence-electron chi connectivity index (χ3n) is 3.75. The van der Waals surface area contributed by atoms with Gasteiger partial charge in [0.2, 0.25) is 0 Å². The molecule has 1 heterocycles. The number of nitrogens with one attached hydrogen (secondary N) is 1. The van der Waals surface area contributed by atoms with Crippen LogP contribution in [0.25, 0.3) is 0 Å². The van der Waals surface area contributed by atoms with Crippen LogP contribution in [0.4, 0.5) is 5.69 Å². The molecule has 0 spiro atoms. The van der Waals surface area contributed by atoms with Gasteiger partial charge in [-0.2, -0.15) is 0 Å². The van der Waals surface area contributed by atoms with Gasteiger partial charge in [0.15, 0.2) is 0 Å². The van der Waals surface area contributed by atoms with Gasteiger partial charge in [0, 0.05) is 39.1 Å². The van der Waals surface area contributed by atoms with E-state index in [4.69, 9.17) is 0 Å². The van der Waals surface area contributed by atoms with Crippen molar-refractivity contribution in [2.24, 2.45) is 0 Å². The van der Waals surface area contributed by atoms with Crippen molar-refractivity contribution in [1.29, 1.82) is 0 Å². The highest BCUT2D eigenvalue weighted by atomic mass is 79.9. The highest BCUT2D eigenvalue weighted by Crippen LogP contribution is 2.21. The van der Waals surface area contributed by atoms with Gasteiger partial charge in [0.05, 0.1) is 0 Å². The average Bonchev–Trinajstić information content (AvgIpc) is 3.01. The fourth-order valence-corrected chi connectivity index (χ4v) is 4.09. The molecule has 0 fully saturated rings. The number of rotatable bonds is 6. The van der Waals surface area contributed by atoms with Crippen molar-refractivity contribution in [3.05, 3.63) is 86.5 Å². The maximum absolute atomic E-state index is 12.3. The molecular formula is C20H19BrN2OS.